The van der Waals surface area contributed by atoms with Gasteiger partial charge in [-0.1, -0.05) is 125 Å². The zero-order valence-corrected chi connectivity index (χ0v) is 27.2. The van der Waals surface area contributed by atoms with Crippen LogP contribution in [0.1, 0.15) is 69.2 Å². The Morgan fingerprint density at radius 1 is 0.647 bits per heavy atom. The van der Waals surface area contributed by atoms with E-state index in [4.69, 9.17) is 0 Å². The molecule has 189 valence electrons. The maximum atomic E-state index is 4.16. The molecule has 0 aliphatic carbocycles. The van der Waals surface area contributed by atoms with Crippen LogP contribution in [-0.4, -0.2) is 48.3 Å². The van der Waals surface area contributed by atoms with Crippen molar-refractivity contribution in [2.75, 3.05) is 37.0 Å². The maximum Gasteiger partial charge on any atom is -0.00102 e. The highest BCUT2D eigenvalue weighted by atomic mass is 31.1. The predicted octanol–water partition coefficient (Wildman–Crippen LogP) is 8.52. The van der Waals surface area contributed by atoms with E-state index in [0.29, 0.717) is 11.3 Å². The van der Waals surface area contributed by atoms with Gasteiger partial charge in [0.1, 0.15) is 0 Å². The quantitative estimate of drug-likeness (QED) is 0.226. The highest BCUT2D eigenvalue weighted by Crippen LogP contribution is 2.49. The van der Waals surface area contributed by atoms with Crippen LogP contribution in [0.15, 0.2) is 30.3 Å². The van der Waals surface area contributed by atoms with Gasteiger partial charge in [-0.05, 0) is 92.8 Å². The Morgan fingerprint density at radius 3 is 1.62 bits per heavy atom. The van der Waals surface area contributed by atoms with Gasteiger partial charge in [0.2, 0.25) is 0 Å². The SMILES string of the molecule is CCP(CC)c1[c]c(P(CC)CC)c(-c2ccccc2P(C(C)C)C(C)C)c(P(CC)CC)c1. The van der Waals surface area contributed by atoms with Crippen LogP contribution in [-0.2, 0) is 0 Å². The summed E-state index contributed by atoms with van der Waals surface area (Å²) in [4.78, 5) is 0. The molecular weight excluding hydrogens is 484 g/mol. The van der Waals surface area contributed by atoms with E-state index in [1.54, 1.807) is 32.3 Å². The molecule has 0 heterocycles. The van der Waals surface area contributed by atoms with Crippen molar-refractivity contribution in [3.05, 3.63) is 36.4 Å². The van der Waals surface area contributed by atoms with Crippen molar-refractivity contribution in [2.45, 2.75) is 80.6 Å². The molecule has 0 saturated heterocycles. The Morgan fingerprint density at radius 2 is 1.15 bits per heavy atom. The zero-order valence-electron chi connectivity index (χ0n) is 23.6. The van der Waals surface area contributed by atoms with E-state index in [9.17, 15) is 0 Å². The largest absolute Gasteiger partial charge is 0.0751 e. The average Bonchev–Trinajstić information content (AvgIpc) is 2.81. The molecule has 2 rings (SSSR count). The maximum absolute atomic E-state index is 4.16. The smallest absolute Gasteiger partial charge is 0.00102 e. The topological polar surface area (TPSA) is 0 Å². The van der Waals surface area contributed by atoms with E-state index in [1.165, 1.54) is 37.0 Å². The van der Waals surface area contributed by atoms with Crippen LogP contribution in [0, 0.1) is 6.07 Å². The van der Waals surface area contributed by atoms with Gasteiger partial charge in [-0.25, -0.2) is 0 Å². The molecule has 0 bridgehead atoms. The van der Waals surface area contributed by atoms with Crippen molar-refractivity contribution in [2.24, 2.45) is 0 Å². The zero-order chi connectivity index (χ0) is 25.4. The molecule has 0 amide bonds. The number of hydrogen-bond acceptors (Lipinski definition) is 0. The molecule has 34 heavy (non-hydrogen) atoms. The first-order valence-corrected chi connectivity index (χ1v) is 20.1. The van der Waals surface area contributed by atoms with Crippen LogP contribution < -0.4 is 21.2 Å². The molecule has 0 saturated carbocycles. The second kappa shape index (κ2) is 14.8. The van der Waals surface area contributed by atoms with Gasteiger partial charge in [-0.15, -0.1) is 0 Å². The molecule has 0 aromatic heterocycles. The van der Waals surface area contributed by atoms with Crippen molar-refractivity contribution in [1.82, 2.24) is 0 Å². The lowest BCUT2D eigenvalue weighted by Crippen LogP contribution is -2.29. The fourth-order valence-corrected chi connectivity index (χ4v) is 14.1. The lowest BCUT2D eigenvalue weighted by Gasteiger charge is -2.32. The second-order valence-corrected chi connectivity index (χ2v) is 21.2. The summed E-state index contributed by atoms with van der Waals surface area (Å²) in [5, 5.41) is 6.49. The van der Waals surface area contributed by atoms with Crippen LogP contribution in [0.2, 0.25) is 0 Å². The van der Waals surface area contributed by atoms with Crippen molar-refractivity contribution >= 4 is 52.9 Å². The summed E-state index contributed by atoms with van der Waals surface area (Å²) < 4.78 is 0. The lowest BCUT2D eigenvalue weighted by molar-refractivity contribution is 1.02. The molecule has 1 radical (unpaired) electrons. The van der Waals surface area contributed by atoms with Crippen molar-refractivity contribution in [1.29, 1.82) is 0 Å². The number of benzene rings is 2. The lowest BCUT2D eigenvalue weighted by atomic mass is 10.1. The van der Waals surface area contributed by atoms with Gasteiger partial charge in [0.25, 0.3) is 0 Å². The summed E-state index contributed by atoms with van der Waals surface area (Å²) in [6.07, 6.45) is 7.62. The van der Waals surface area contributed by atoms with Crippen molar-refractivity contribution in [3.8, 4) is 11.1 Å². The fraction of sp³-hybridized carbons (Fsp3) is 0.600. The minimum Gasteiger partial charge on any atom is -0.0751 e. The number of hydrogen-bond donors (Lipinski definition) is 0. The first-order chi connectivity index (χ1) is 16.3. The molecular formula is C30H49P4. The van der Waals surface area contributed by atoms with Crippen molar-refractivity contribution in [3.63, 3.8) is 0 Å². The Hall–Kier alpha value is 0.160. The standard InChI is InChI=1S/C30H49P4/c1-11-31(12-2)25-21-28(32(13-3)14-4)30(29(22-25)33(15-5)16-6)26-19-17-18-20-27(26)34(23(7)8)24(9)10/h17-21,23-24H,11-16H2,1-10H3. The van der Waals surface area contributed by atoms with Gasteiger partial charge < -0.3 is 0 Å². The molecule has 4 heteroatoms. The minimum absolute atomic E-state index is 0.106. The molecule has 0 unspecified atom stereocenters. The summed E-state index contributed by atoms with van der Waals surface area (Å²) in [5.74, 6) is 0. The van der Waals surface area contributed by atoms with Crippen LogP contribution in [0.5, 0.6) is 0 Å². The Kier molecular flexibility index (Phi) is 13.2. The Labute approximate surface area is 217 Å². The normalized spacial score (nSPS) is 12.4. The van der Waals surface area contributed by atoms with Gasteiger partial charge in [0, 0.05) is 0 Å². The Balaban J connectivity index is 3.02. The second-order valence-electron chi connectivity index (χ2n) is 9.39. The Bertz CT molecular complexity index is 836. The molecule has 0 fully saturated rings. The van der Waals surface area contributed by atoms with Gasteiger partial charge in [-0.2, -0.15) is 0 Å². The van der Waals surface area contributed by atoms with Gasteiger partial charge in [-0.3, -0.25) is 0 Å². The van der Waals surface area contributed by atoms with Gasteiger partial charge in [0.15, 0.2) is 0 Å². The van der Waals surface area contributed by atoms with Gasteiger partial charge in [0.05, 0.1) is 0 Å². The third kappa shape index (κ3) is 6.92. The number of rotatable bonds is 13. The highest BCUT2D eigenvalue weighted by molar-refractivity contribution is 7.69. The monoisotopic (exact) mass is 533 g/mol. The minimum atomic E-state index is -0.220. The van der Waals surface area contributed by atoms with Crippen LogP contribution in [0.3, 0.4) is 0 Å². The molecule has 0 spiro atoms. The van der Waals surface area contributed by atoms with E-state index in [0.717, 1.165) is 0 Å². The van der Waals surface area contributed by atoms with Crippen LogP contribution in [0.4, 0.5) is 0 Å². The first-order valence-electron chi connectivity index (χ1n) is 13.5. The molecule has 2 aromatic rings. The van der Waals surface area contributed by atoms with E-state index in [1.807, 2.05) is 0 Å². The summed E-state index contributed by atoms with van der Waals surface area (Å²) in [5.41, 5.74) is 4.54. The highest BCUT2D eigenvalue weighted by Gasteiger charge is 2.28. The average molecular weight is 534 g/mol. The third-order valence-electron chi connectivity index (χ3n) is 6.87. The molecule has 0 atom stereocenters. The first kappa shape index (κ1) is 30.4. The summed E-state index contributed by atoms with van der Waals surface area (Å²) >= 11 is 0. The molecule has 2 aromatic carbocycles. The van der Waals surface area contributed by atoms with E-state index in [2.05, 4.69) is 106 Å². The molecule has 0 nitrogen and oxygen atoms in total. The van der Waals surface area contributed by atoms with E-state index < -0.39 is 0 Å². The molecule has 0 N–H and O–H groups in total. The van der Waals surface area contributed by atoms with Crippen LogP contribution >= 0.6 is 31.7 Å². The van der Waals surface area contributed by atoms with Gasteiger partial charge >= 0.3 is 0 Å². The summed E-state index contributed by atoms with van der Waals surface area (Å²) in [7, 11) is -0.666. The molecule has 0 aliphatic rings. The van der Waals surface area contributed by atoms with Crippen molar-refractivity contribution < 1.29 is 0 Å². The summed E-state index contributed by atoms with van der Waals surface area (Å²) in [6, 6.07) is 16.3. The van der Waals surface area contributed by atoms with E-state index in [-0.39, 0.29) is 31.7 Å². The predicted molar refractivity (Wildman–Crippen MR) is 170 cm³/mol. The third-order valence-corrected chi connectivity index (χ3v) is 17.5. The van der Waals surface area contributed by atoms with E-state index >= 15 is 0 Å². The summed E-state index contributed by atoms with van der Waals surface area (Å²) in [6.45, 7) is 24.2. The molecule has 0 aliphatic heterocycles. The van der Waals surface area contributed by atoms with Crippen LogP contribution in [0.25, 0.3) is 11.1 Å². The fourth-order valence-electron chi connectivity index (χ4n) is 5.20.